The van der Waals surface area contributed by atoms with E-state index < -0.39 is 5.97 Å². The van der Waals surface area contributed by atoms with Crippen molar-refractivity contribution in [1.82, 2.24) is 15.6 Å². The van der Waals surface area contributed by atoms with Gasteiger partial charge in [0.2, 0.25) is 0 Å². The molecule has 1 saturated heterocycles. The minimum absolute atomic E-state index is 0.00374. The smallest absolute Gasteiger partial charge is 0.355 e. The summed E-state index contributed by atoms with van der Waals surface area (Å²) in [5.74, 6) is -1.45. The van der Waals surface area contributed by atoms with Gasteiger partial charge < -0.3 is 15.7 Å². The molecule has 0 aliphatic carbocycles. The summed E-state index contributed by atoms with van der Waals surface area (Å²) in [5, 5.41) is 16.7. The van der Waals surface area contributed by atoms with Gasteiger partial charge in [0.1, 0.15) is 0 Å². The molecule has 136 valence electrons. The zero-order valence-corrected chi connectivity index (χ0v) is 15.1. The van der Waals surface area contributed by atoms with Crippen molar-refractivity contribution >= 4 is 46.5 Å². The third-order valence-corrected chi connectivity index (χ3v) is 5.00. The molecule has 3 N–H and O–H groups in total. The van der Waals surface area contributed by atoms with Crippen LogP contribution < -0.4 is 15.5 Å². The van der Waals surface area contributed by atoms with Crippen LogP contribution in [-0.2, 0) is 6.42 Å². The lowest BCUT2D eigenvalue weighted by Gasteiger charge is -2.16. The zero-order valence-electron chi connectivity index (χ0n) is 13.5. The first-order chi connectivity index (χ1) is 12.5. The summed E-state index contributed by atoms with van der Waals surface area (Å²) in [6, 6.07) is 4.63. The van der Waals surface area contributed by atoms with Gasteiger partial charge in [-0.3, -0.25) is 9.69 Å². The van der Waals surface area contributed by atoms with Crippen LogP contribution >= 0.6 is 22.9 Å². The first-order valence-electron chi connectivity index (χ1n) is 7.76. The van der Waals surface area contributed by atoms with Gasteiger partial charge in [-0.15, -0.1) is 11.3 Å². The van der Waals surface area contributed by atoms with Crippen LogP contribution in [0.2, 0.25) is 5.02 Å². The molecule has 1 aliphatic rings. The molecule has 0 unspecified atom stereocenters. The summed E-state index contributed by atoms with van der Waals surface area (Å²) in [5.41, 5.74) is 0.866. The fourth-order valence-electron chi connectivity index (χ4n) is 2.48. The molecule has 26 heavy (non-hydrogen) atoms. The SMILES string of the molecule is O=C(O)c1csc(CCNC(=O)c2cc(N3CCNC3=O)ccc2Cl)n1. The number of urea groups is 1. The number of aromatic carboxylic acids is 1. The minimum atomic E-state index is -1.08. The standard InChI is InChI=1S/C16H15ClN4O4S/c17-11-2-1-9(21-6-5-19-16(21)25)7-10(11)14(22)18-4-3-13-20-12(8-26-13)15(23)24/h1-2,7-8H,3-6H2,(H,18,22)(H,19,25)(H,23,24). The van der Waals surface area contributed by atoms with Crippen LogP contribution in [0.5, 0.6) is 0 Å². The highest BCUT2D eigenvalue weighted by Crippen LogP contribution is 2.24. The van der Waals surface area contributed by atoms with E-state index in [0.717, 1.165) is 0 Å². The summed E-state index contributed by atoms with van der Waals surface area (Å²) < 4.78 is 0. The minimum Gasteiger partial charge on any atom is -0.476 e. The van der Waals surface area contributed by atoms with Crippen molar-refractivity contribution in [3.05, 3.63) is 44.9 Å². The van der Waals surface area contributed by atoms with Crippen LogP contribution in [0.15, 0.2) is 23.6 Å². The molecule has 0 atom stereocenters. The lowest BCUT2D eigenvalue weighted by molar-refractivity contribution is 0.0690. The number of halogens is 1. The van der Waals surface area contributed by atoms with E-state index in [-0.39, 0.29) is 34.8 Å². The van der Waals surface area contributed by atoms with Crippen molar-refractivity contribution < 1.29 is 19.5 Å². The molecule has 0 spiro atoms. The highest BCUT2D eigenvalue weighted by Gasteiger charge is 2.22. The Labute approximate surface area is 157 Å². The van der Waals surface area contributed by atoms with Crippen LogP contribution in [0, 0.1) is 0 Å². The zero-order chi connectivity index (χ0) is 18.7. The molecule has 1 fully saturated rings. The van der Waals surface area contributed by atoms with Gasteiger partial charge in [-0.2, -0.15) is 0 Å². The van der Waals surface area contributed by atoms with Crippen LogP contribution in [0.3, 0.4) is 0 Å². The highest BCUT2D eigenvalue weighted by molar-refractivity contribution is 7.09. The first kappa shape index (κ1) is 18.2. The van der Waals surface area contributed by atoms with E-state index >= 15 is 0 Å². The van der Waals surface area contributed by atoms with Crippen LogP contribution in [-0.4, -0.2) is 47.6 Å². The number of thiazole rings is 1. The molecule has 1 aliphatic heterocycles. The fourth-order valence-corrected chi connectivity index (χ4v) is 3.45. The van der Waals surface area contributed by atoms with E-state index in [1.807, 2.05) is 0 Å². The summed E-state index contributed by atoms with van der Waals surface area (Å²) in [6.07, 6.45) is 0.412. The third kappa shape index (κ3) is 3.94. The topological polar surface area (TPSA) is 112 Å². The Balaban J connectivity index is 1.63. The number of carboxylic acids is 1. The quantitative estimate of drug-likeness (QED) is 0.693. The van der Waals surface area contributed by atoms with E-state index in [2.05, 4.69) is 15.6 Å². The van der Waals surface area contributed by atoms with Gasteiger partial charge in [-0.05, 0) is 18.2 Å². The molecule has 8 nitrogen and oxygen atoms in total. The summed E-state index contributed by atoms with van der Waals surface area (Å²) in [6.45, 7) is 1.36. The Morgan fingerprint density at radius 2 is 2.23 bits per heavy atom. The molecule has 1 aromatic carbocycles. The number of benzene rings is 1. The number of carboxylic acid groups (broad SMARTS) is 1. The Bertz CT molecular complexity index is 870. The maximum absolute atomic E-state index is 12.4. The summed E-state index contributed by atoms with van der Waals surface area (Å²) in [7, 11) is 0. The van der Waals surface area contributed by atoms with Crippen LogP contribution in [0.4, 0.5) is 10.5 Å². The molecule has 1 aromatic heterocycles. The highest BCUT2D eigenvalue weighted by atomic mass is 35.5. The van der Waals surface area contributed by atoms with E-state index in [9.17, 15) is 14.4 Å². The average Bonchev–Trinajstić information content (AvgIpc) is 3.24. The lowest BCUT2D eigenvalue weighted by Crippen LogP contribution is -2.29. The predicted octanol–water partition coefficient (Wildman–Crippen LogP) is 2.00. The molecule has 3 amide bonds. The second-order valence-electron chi connectivity index (χ2n) is 5.49. The summed E-state index contributed by atoms with van der Waals surface area (Å²) >= 11 is 7.34. The number of nitrogens with one attached hydrogen (secondary N) is 2. The number of anilines is 1. The molecule has 3 rings (SSSR count). The number of rotatable bonds is 6. The molecule has 2 heterocycles. The lowest BCUT2D eigenvalue weighted by atomic mass is 10.1. The number of aromatic nitrogens is 1. The van der Waals surface area contributed by atoms with Crippen molar-refractivity contribution in [3.63, 3.8) is 0 Å². The van der Waals surface area contributed by atoms with Gasteiger partial charge in [0.05, 0.1) is 15.6 Å². The van der Waals surface area contributed by atoms with Crippen molar-refractivity contribution in [2.75, 3.05) is 24.5 Å². The van der Waals surface area contributed by atoms with Crippen molar-refractivity contribution in [3.8, 4) is 0 Å². The van der Waals surface area contributed by atoms with Gasteiger partial charge in [0.25, 0.3) is 5.91 Å². The fraction of sp³-hybridized carbons (Fsp3) is 0.250. The van der Waals surface area contributed by atoms with Crippen molar-refractivity contribution in [2.45, 2.75) is 6.42 Å². The van der Waals surface area contributed by atoms with Gasteiger partial charge >= 0.3 is 12.0 Å². The average molecular weight is 395 g/mol. The molecular formula is C16H15ClN4O4S. The van der Waals surface area contributed by atoms with Crippen LogP contribution in [0.25, 0.3) is 0 Å². The number of amides is 3. The molecular weight excluding hydrogens is 380 g/mol. The Morgan fingerprint density at radius 1 is 1.42 bits per heavy atom. The van der Waals surface area contributed by atoms with Crippen molar-refractivity contribution in [2.24, 2.45) is 0 Å². The summed E-state index contributed by atoms with van der Waals surface area (Å²) in [4.78, 5) is 40.5. The monoisotopic (exact) mass is 394 g/mol. The number of nitrogens with zero attached hydrogens (tertiary/aromatic N) is 2. The van der Waals surface area contributed by atoms with E-state index in [1.165, 1.54) is 21.6 Å². The van der Waals surface area contributed by atoms with E-state index in [1.54, 1.807) is 18.2 Å². The normalized spacial score (nSPS) is 13.6. The maximum Gasteiger partial charge on any atom is 0.355 e. The number of hydrogen-bond acceptors (Lipinski definition) is 5. The van der Waals surface area contributed by atoms with Crippen LogP contribution in [0.1, 0.15) is 25.9 Å². The Hall–Kier alpha value is -2.65. The molecule has 10 heteroatoms. The number of carbonyl (C=O) groups is 3. The molecule has 0 radical (unpaired) electrons. The Morgan fingerprint density at radius 3 is 2.88 bits per heavy atom. The van der Waals surface area contributed by atoms with Gasteiger partial charge in [-0.25, -0.2) is 14.6 Å². The largest absolute Gasteiger partial charge is 0.476 e. The third-order valence-electron chi connectivity index (χ3n) is 3.76. The second kappa shape index (κ2) is 7.71. The van der Waals surface area contributed by atoms with Gasteiger partial charge in [-0.1, -0.05) is 11.6 Å². The number of hydrogen-bond donors (Lipinski definition) is 3. The van der Waals surface area contributed by atoms with Crippen molar-refractivity contribution in [1.29, 1.82) is 0 Å². The van der Waals surface area contributed by atoms with E-state index in [4.69, 9.17) is 16.7 Å². The maximum atomic E-state index is 12.4. The predicted molar refractivity (Wildman–Crippen MR) is 97.3 cm³/mol. The van der Waals surface area contributed by atoms with E-state index in [0.29, 0.717) is 30.2 Å². The Kier molecular flexibility index (Phi) is 5.38. The second-order valence-corrected chi connectivity index (χ2v) is 6.84. The van der Waals surface area contributed by atoms with Gasteiger partial charge in [0.15, 0.2) is 5.69 Å². The number of carbonyl (C=O) groups excluding carboxylic acids is 2. The van der Waals surface area contributed by atoms with Gasteiger partial charge in [0, 0.05) is 37.1 Å². The molecule has 2 aromatic rings. The first-order valence-corrected chi connectivity index (χ1v) is 9.02. The molecule has 0 saturated carbocycles. The molecule has 0 bridgehead atoms.